The number of hydrogen-bond donors (Lipinski definition) is 3. The normalized spacial score (nSPS) is 27.9. The molecule has 2 rings (SSSR count). The fraction of sp³-hybridized carbons (Fsp3) is 0.700. The van der Waals surface area contributed by atoms with Crippen molar-refractivity contribution in [3.8, 4) is 0 Å². The molecule has 0 saturated carbocycles. The lowest BCUT2D eigenvalue weighted by atomic mass is 9.88. The summed E-state index contributed by atoms with van der Waals surface area (Å²) in [6.07, 6.45) is 2.20. The largest absolute Gasteiger partial charge is 0.460 e. The summed E-state index contributed by atoms with van der Waals surface area (Å²) in [6, 6.07) is 7.71. The number of nitrogens with zero attached hydrogens (tertiary/aromatic N) is 1. The van der Waals surface area contributed by atoms with Crippen LogP contribution in [0, 0.1) is 17.8 Å². The summed E-state index contributed by atoms with van der Waals surface area (Å²) in [7, 11) is 1.60. The third-order valence-electron chi connectivity index (χ3n) is 7.98. The Bertz CT molecular complexity index is 892. The van der Waals surface area contributed by atoms with Crippen LogP contribution in [0.15, 0.2) is 30.3 Å². The summed E-state index contributed by atoms with van der Waals surface area (Å²) in [5, 5.41) is 23.4. The molecule has 1 saturated heterocycles. The highest BCUT2D eigenvalue weighted by molar-refractivity contribution is 5.91. The number of esters is 1. The highest BCUT2D eigenvalue weighted by Crippen LogP contribution is 2.26. The zero-order chi connectivity index (χ0) is 28.4. The van der Waals surface area contributed by atoms with Gasteiger partial charge in [-0.05, 0) is 37.2 Å². The van der Waals surface area contributed by atoms with Gasteiger partial charge in [-0.15, -0.1) is 0 Å². The number of unbranched alkanes of at least 4 members (excludes halogenated alkanes) is 1. The number of carbonyl (C=O) groups is 3. The average molecular weight is 533 g/mol. The number of ether oxygens (including phenoxy) is 1. The lowest BCUT2D eigenvalue weighted by Crippen LogP contribution is -2.57. The molecule has 0 aliphatic carbocycles. The first kappa shape index (κ1) is 31.8. The van der Waals surface area contributed by atoms with Gasteiger partial charge in [0.25, 0.3) is 0 Å². The van der Waals surface area contributed by atoms with Crippen molar-refractivity contribution in [1.82, 2.24) is 10.2 Å². The van der Waals surface area contributed by atoms with Crippen LogP contribution in [-0.4, -0.2) is 70.3 Å². The van der Waals surface area contributed by atoms with Gasteiger partial charge in [0, 0.05) is 19.9 Å². The summed E-state index contributed by atoms with van der Waals surface area (Å²) in [6.45, 7) is 9.25. The zero-order valence-electron chi connectivity index (χ0n) is 23.9. The standard InChI is InChI=1S/C30H48N2O6/c1-7-19(2)27-30(37)38-26(20(3)13-11-12-14-21(4)33)18-25(34)22(5)28(35)31-24(29(36)32(27)6)17-23-15-9-8-10-16-23/h8-10,15-16,19-22,24-27,33-34H,7,11-14,17-18H2,1-6H3,(H,31,35)/t19-,20+,21-,22-,24-,25-,26+,27+/m1/s1. The van der Waals surface area contributed by atoms with Crippen molar-refractivity contribution in [3.63, 3.8) is 0 Å². The minimum absolute atomic E-state index is 0.0646. The molecule has 0 unspecified atom stereocenters. The monoisotopic (exact) mass is 532 g/mol. The first-order chi connectivity index (χ1) is 18.0. The van der Waals surface area contributed by atoms with E-state index >= 15 is 0 Å². The van der Waals surface area contributed by atoms with Crippen molar-refractivity contribution in [2.75, 3.05) is 7.05 Å². The second-order valence-corrected chi connectivity index (χ2v) is 11.2. The Morgan fingerprint density at radius 1 is 1.05 bits per heavy atom. The summed E-state index contributed by atoms with van der Waals surface area (Å²) >= 11 is 0. The molecule has 8 nitrogen and oxygen atoms in total. The first-order valence-electron chi connectivity index (χ1n) is 14.1. The van der Waals surface area contributed by atoms with Crippen molar-refractivity contribution in [1.29, 1.82) is 0 Å². The molecule has 1 aliphatic heterocycles. The van der Waals surface area contributed by atoms with E-state index in [1.807, 2.05) is 51.1 Å². The van der Waals surface area contributed by atoms with Gasteiger partial charge in [0.15, 0.2) is 0 Å². The fourth-order valence-electron chi connectivity index (χ4n) is 5.06. The minimum atomic E-state index is -1.04. The highest BCUT2D eigenvalue weighted by Gasteiger charge is 2.40. The van der Waals surface area contributed by atoms with Gasteiger partial charge in [0.1, 0.15) is 18.2 Å². The van der Waals surface area contributed by atoms with Crippen molar-refractivity contribution in [3.05, 3.63) is 35.9 Å². The molecule has 3 N–H and O–H groups in total. The number of aliphatic hydroxyl groups excluding tert-OH is 2. The maximum Gasteiger partial charge on any atom is 0.329 e. The number of rotatable bonds is 10. The van der Waals surface area contributed by atoms with Gasteiger partial charge in [0.05, 0.1) is 18.1 Å². The second-order valence-electron chi connectivity index (χ2n) is 11.2. The first-order valence-corrected chi connectivity index (χ1v) is 14.1. The molecule has 8 atom stereocenters. The Hall–Kier alpha value is -2.45. The van der Waals surface area contributed by atoms with Crippen LogP contribution >= 0.6 is 0 Å². The Balaban J connectivity index is 2.36. The number of likely N-dealkylation sites (N-methyl/N-ethyl adjacent to an activating group) is 1. The number of benzene rings is 1. The van der Waals surface area contributed by atoms with Crippen LogP contribution < -0.4 is 5.32 Å². The molecule has 1 aliphatic rings. The Morgan fingerprint density at radius 3 is 2.29 bits per heavy atom. The molecule has 2 amide bonds. The third kappa shape index (κ3) is 9.09. The predicted octanol–water partition coefficient (Wildman–Crippen LogP) is 3.48. The molecule has 1 heterocycles. The molecule has 1 fully saturated rings. The molecule has 0 radical (unpaired) electrons. The minimum Gasteiger partial charge on any atom is -0.460 e. The number of cyclic esters (lactones) is 1. The molecule has 0 spiro atoms. The molecule has 214 valence electrons. The Kier molecular flexibility index (Phi) is 12.7. The molecular formula is C30H48N2O6. The third-order valence-corrected chi connectivity index (χ3v) is 7.98. The number of nitrogens with one attached hydrogen (secondary N) is 1. The molecule has 38 heavy (non-hydrogen) atoms. The molecule has 8 heteroatoms. The summed E-state index contributed by atoms with van der Waals surface area (Å²) in [5.41, 5.74) is 0.881. The quantitative estimate of drug-likeness (QED) is 0.314. The van der Waals surface area contributed by atoms with Crippen LogP contribution in [0.25, 0.3) is 0 Å². The van der Waals surface area contributed by atoms with Gasteiger partial charge in [0.2, 0.25) is 11.8 Å². The molecule has 1 aromatic carbocycles. The molecule has 0 aromatic heterocycles. The fourth-order valence-corrected chi connectivity index (χ4v) is 5.06. The van der Waals surface area contributed by atoms with E-state index in [0.717, 1.165) is 24.8 Å². The van der Waals surface area contributed by atoms with Gasteiger partial charge in [-0.3, -0.25) is 9.59 Å². The molecule has 0 bridgehead atoms. The highest BCUT2D eigenvalue weighted by atomic mass is 16.5. The topological polar surface area (TPSA) is 116 Å². The second kappa shape index (κ2) is 15.2. The van der Waals surface area contributed by atoms with Gasteiger partial charge in [-0.1, -0.05) is 77.3 Å². The van der Waals surface area contributed by atoms with Gasteiger partial charge in [-0.25, -0.2) is 4.79 Å². The van der Waals surface area contributed by atoms with E-state index < -0.39 is 42.1 Å². The lowest BCUT2D eigenvalue weighted by Gasteiger charge is -2.37. The van der Waals surface area contributed by atoms with Gasteiger partial charge >= 0.3 is 5.97 Å². The maximum atomic E-state index is 13.7. The van der Waals surface area contributed by atoms with Gasteiger partial charge in [-0.2, -0.15) is 0 Å². The van der Waals surface area contributed by atoms with E-state index in [0.29, 0.717) is 12.8 Å². The van der Waals surface area contributed by atoms with Crippen molar-refractivity contribution in [2.24, 2.45) is 17.8 Å². The molecular weight excluding hydrogens is 484 g/mol. The average Bonchev–Trinajstić information content (AvgIpc) is 2.88. The maximum absolute atomic E-state index is 13.7. The summed E-state index contributed by atoms with van der Waals surface area (Å²) in [4.78, 5) is 42.0. The summed E-state index contributed by atoms with van der Waals surface area (Å²) in [5.74, 6) is -2.28. The zero-order valence-corrected chi connectivity index (χ0v) is 23.9. The van der Waals surface area contributed by atoms with Crippen LogP contribution in [0.5, 0.6) is 0 Å². The van der Waals surface area contributed by atoms with Crippen LogP contribution in [0.1, 0.15) is 78.7 Å². The van der Waals surface area contributed by atoms with E-state index in [1.165, 1.54) is 4.90 Å². The Labute approximate surface area is 228 Å². The van der Waals surface area contributed by atoms with Crippen molar-refractivity contribution < 1.29 is 29.3 Å². The van der Waals surface area contributed by atoms with E-state index in [9.17, 15) is 24.6 Å². The van der Waals surface area contributed by atoms with Gasteiger partial charge < -0.3 is 25.2 Å². The van der Waals surface area contributed by atoms with E-state index in [-0.39, 0.29) is 36.7 Å². The van der Waals surface area contributed by atoms with Crippen LogP contribution in [0.2, 0.25) is 0 Å². The number of carbonyl (C=O) groups excluding carboxylic acids is 3. The molecule has 1 aromatic rings. The number of aliphatic hydroxyl groups is 2. The predicted molar refractivity (Wildman–Crippen MR) is 147 cm³/mol. The summed E-state index contributed by atoms with van der Waals surface area (Å²) < 4.78 is 6.05. The number of amides is 2. The van der Waals surface area contributed by atoms with E-state index in [2.05, 4.69) is 5.32 Å². The van der Waals surface area contributed by atoms with E-state index in [4.69, 9.17) is 4.74 Å². The number of hydrogen-bond acceptors (Lipinski definition) is 6. The van der Waals surface area contributed by atoms with Crippen LogP contribution in [-0.2, 0) is 25.5 Å². The van der Waals surface area contributed by atoms with Crippen LogP contribution in [0.3, 0.4) is 0 Å². The Morgan fingerprint density at radius 2 is 1.68 bits per heavy atom. The van der Waals surface area contributed by atoms with Crippen molar-refractivity contribution in [2.45, 2.75) is 110 Å². The SMILES string of the molecule is CC[C@@H](C)[C@H]1C(=O)O[C@H]([C@@H](C)CCCC[C@@H](C)O)C[C@@H](O)[C@@H](C)C(=O)N[C@H](Cc2ccccc2)C(=O)N1C. The smallest absolute Gasteiger partial charge is 0.329 e. The van der Waals surface area contributed by atoms with E-state index in [1.54, 1.807) is 20.9 Å². The van der Waals surface area contributed by atoms with Crippen molar-refractivity contribution >= 4 is 17.8 Å². The van der Waals surface area contributed by atoms with Crippen LogP contribution in [0.4, 0.5) is 0 Å². The lowest BCUT2D eigenvalue weighted by molar-refractivity contribution is -0.166.